The molecule has 1 N–H and O–H groups in total. The second-order valence-electron chi connectivity index (χ2n) is 4.67. The summed E-state index contributed by atoms with van der Waals surface area (Å²) in [4.78, 5) is 11.3. The van der Waals surface area contributed by atoms with E-state index in [1.54, 1.807) is 31.4 Å². The van der Waals surface area contributed by atoms with Crippen molar-refractivity contribution in [2.75, 3.05) is 0 Å². The number of fused-ring (bicyclic) bond motifs is 3. The highest BCUT2D eigenvalue weighted by atomic mass is 16.5. The van der Waals surface area contributed by atoms with E-state index in [4.69, 9.17) is 4.74 Å². The number of ether oxygens (including phenoxy) is 1. The first kappa shape index (κ1) is 10.8. The molecule has 0 bridgehead atoms. The third-order valence-electron chi connectivity index (χ3n) is 3.32. The normalized spacial score (nSPS) is 24.3. The molecule has 3 nitrogen and oxygen atoms in total. The van der Waals surface area contributed by atoms with E-state index in [-0.39, 0.29) is 0 Å². The zero-order valence-electron chi connectivity index (χ0n) is 9.88. The maximum absolute atomic E-state index is 11.3. The number of benzene rings is 1. The molecule has 1 atom stereocenters. The maximum atomic E-state index is 11.3. The highest BCUT2D eigenvalue weighted by Gasteiger charge is 2.33. The van der Waals surface area contributed by atoms with Crippen molar-refractivity contribution in [1.29, 1.82) is 0 Å². The van der Waals surface area contributed by atoms with Crippen LogP contribution in [0.3, 0.4) is 0 Å². The number of carboxylic acids is 1. The van der Waals surface area contributed by atoms with Gasteiger partial charge in [0.15, 0.2) is 0 Å². The number of rotatable bonds is 1. The fourth-order valence-corrected chi connectivity index (χ4v) is 2.17. The van der Waals surface area contributed by atoms with Gasteiger partial charge in [0.05, 0.1) is 6.26 Å². The van der Waals surface area contributed by atoms with Gasteiger partial charge in [-0.25, -0.2) is 0 Å². The Labute approximate surface area is 105 Å². The van der Waals surface area contributed by atoms with Crippen LogP contribution in [0.1, 0.15) is 12.5 Å². The molecule has 1 aromatic carbocycles. The molecule has 1 aromatic rings. The lowest BCUT2D eigenvalue weighted by molar-refractivity contribution is -0.142. The van der Waals surface area contributed by atoms with Crippen molar-refractivity contribution in [3.05, 3.63) is 59.9 Å². The molecular formula is C15H12O3. The van der Waals surface area contributed by atoms with E-state index in [0.717, 1.165) is 22.5 Å². The van der Waals surface area contributed by atoms with E-state index in [9.17, 15) is 9.90 Å². The fraction of sp³-hybridized carbons (Fsp3) is 0.133. The van der Waals surface area contributed by atoms with Gasteiger partial charge in [-0.15, -0.1) is 0 Å². The lowest BCUT2D eigenvalue weighted by Gasteiger charge is -2.27. The van der Waals surface area contributed by atoms with Crippen molar-refractivity contribution in [3.63, 3.8) is 0 Å². The van der Waals surface area contributed by atoms with E-state index < -0.39 is 11.4 Å². The Kier molecular flexibility index (Phi) is 2.17. The SMILES string of the molecule is CC1(C(=O)O)C=CC2=COc3ccccc3C2=C1. The minimum atomic E-state index is -0.961. The second-order valence-corrected chi connectivity index (χ2v) is 4.67. The van der Waals surface area contributed by atoms with E-state index in [0.29, 0.717) is 0 Å². The van der Waals surface area contributed by atoms with Crippen LogP contribution in [0.5, 0.6) is 5.75 Å². The molecule has 3 rings (SSSR count). The molecule has 1 heterocycles. The molecule has 18 heavy (non-hydrogen) atoms. The molecular weight excluding hydrogens is 228 g/mol. The molecule has 0 saturated carbocycles. The lowest BCUT2D eigenvalue weighted by Crippen LogP contribution is -2.25. The minimum Gasteiger partial charge on any atom is -0.480 e. The molecule has 1 aliphatic carbocycles. The van der Waals surface area contributed by atoms with E-state index >= 15 is 0 Å². The van der Waals surface area contributed by atoms with Crippen LogP contribution < -0.4 is 4.74 Å². The third kappa shape index (κ3) is 1.48. The first-order valence-corrected chi connectivity index (χ1v) is 5.72. The van der Waals surface area contributed by atoms with Crippen LogP contribution in [-0.4, -0.2) is 11.1 Å². The fourth-order valence-electron chi connectivity index (χ4n) is 2.17. The summed E-state index contributed by atoms with van der Waals surface area (Å²) in [6.45, 7) is 1.69. The summed E-state index contributed by atoms with van der Waals surface area (Å²) in [5.74, 6) is -0.0928. The summed E-state index contributed by atoms with van der Waals surface area (Å²) in [7, 11) is 0. The molecule has 0 radical (unpaired) electrons. The van der Waals surface area contributed by atoms with Crippen molar-refractivity contribution in [3.8, 4) is 5.75 Å². The van der Waals surface area contributed by atoms with Crippen molar-refractivity contribution in [2.24, 2.45) is 5.41 Å². The van der Waals surface area contributed by atoms with Crippen LogP contribution in [0.2, 0.25) is 0 Å². The first-order chi connectivity index (χ1) is 8.60. The van der Waals surface area contributed by atoms with Crippen molar-refractivity contribution >= 4 is 11.5 Å². The van der Waals surface area contributed by atoms with Crippen LogP contribution in [0.15, 0.2) is 54.3 Å². The van der Waals surface area contributed by atoms with Gasteiger partial charge in [-0.05, 0) is 18.6 Å². The molecule has 0 spiro atoms. The van der Waals surface area contributed by atoms with Gasteiger partial charge in [0.25, 0.3) is 0 Å². The molecule has 0 aromatic heterocycles. The van der Waals surface area contributed by atoms with Gasteiger partial charge in [0.1, 0.15) is 11.2 Å². The Morgan fingerprint density at radius 1 is 1.33 bits per heavy atom. The summed E-state index contributed by atoms with van der Waals surface area (Å²) in [6, 6.07) is 7.63. The zero-order valence-corrected chi connectivity index (χ0v) is 9.88. The molecule has 3 heteroatoms. The minimum absolute atomic E-state index is 0.760. The van der Waals surface area contributed by atoms with Crippen molar-refractivity contribution in [1.82, 2.24) is 0 Å². The zero-order chi connectivity index (χ0) is 12.8. The summed E-state index contributed by atoms with van der Waals surface area (Å²) >= 11 is 0. The van der Waals surface area contributed by atoms with Gasteiger partial charge in [0.2, 0.25) is 0 Å². The third-order valence-corrected chi connectivity index (χ3v) is 3.32. The van der Waals surface area contributed by atoms with Crippen LogP contribution >= 0.6 is 0 Å². The van der Waals surface area contributed by atoms with E-state index in [1.807, 2.05) is 24.3 Å². The van der Waals surface area contributed by atoms with Crippen molar-refractivity contribution in [2.45, 2.75) is 6.92 Å². The Hall–Kier alpha value is -2.29. The highest BCUT2D eigenvalue weighted by molar-refractivity contribution is 5.92. The second kappa shape index (κ2) is 3.60. The average molecular weight is 240 g/mol. The lowest BCUT2D eigenvalue weighted by atomic mass is 9.79. The monoisotopic (exact) mass is 240 g/mol. The van der Waals surface area contributed by atoms with Gasteiger partial charge in [0, 0.05) is 11.1 Å². The topological polar surface area (TPSA) is 46.5 Å². The standard InChI is InChI=1S/C15H12O3/c1-15(14(16)17)7-6-10-9-18-13-5-3-2-4-11(13)12(10)8-15/h2-9H,1H3,(H,16,17). The molecule has 0 fully saturated rings. The molecule has 1 unspecified atom stereocenters. The van der Waals surface area contributed by atoms with Gasteiger partial charge >= 0.3 is 5.97 Å². The number of para-hydroxylation sites is 1. The summed E-state index contributed by atoms with van der Waals surface area (Å²) in [5, 5.41) is 9.29. The maximum Gasteiger partial charge on any atom is 0.317 e. The highest BCUT2D eigenvalue weighted by Crippen LogP contribution is 2.42. The van der Waals surface area contributed by atoms with E-state index in [1.165, 1.54) is 0 Å². The predicted molar refractivity (Wildman–Crippen MR) is 68.0 cm³/mol. The largest absolute Gasteiger partial charge is 0.480 e. The first-order valence-electron chi connectivity index (χ1n) is 5.72. The van der Waals surface area contributed by atoms with Crippen LogP contribution in [-0.2, 0) is 4.79 Å². The quantitative estimate of drug-likeness (QED) is 0.820. The van der Waals surface area contributed by atoms with Crippen molar-refractivity contribution < 1.29 is 14.6 Å². The number of carboxylic acid groups (broad SMARTS) is 1. The summed E-state index contributed by atoms with van der Waals surface area (Å²) in [6.07, 6.45) is 6.93. The number of carbonyl (C=O) groups is 1. The van der Waals surface area contributed by atoms with Crippen LogP contribution in [0, 0.1) is 5.41 Å². The molecule has 0 saturated heterocycles. The molecule has 90 valence electrons. The number of aliphatic carboxylic acids is 1. The van der Waals surface area contributed by atoms with Crippen LogP contribution in [0.4, 0.5) is 0 Å². The summed E-state index contributed by atoms with van der Waals surface area (Å²) in [5.41, 5.74) is 1.81. The van der Waals surface area contributed by atoms with Crippen LogP contribution in [0.25, 0.3) is 5.57 Å². The van der Waals surface area contributed by atoms with Gasteiger partial charge < -0.3 is 9.84 Å². The molecule has 1 aliphatic heterocycles. The Balaban J connectivity index is 2.18. The number of allylic oxidation sites excluding steroid dienone is 3. The Morgan fingerprint density at radius 2 is 2.11 bits per heavy atom. The predicted octanol–water partition coefficient (Wildman–Crippen LogP) is 3.01. The van der Waals surface area contributed by atoms with E-state index in [2.05, 4.69) is 0 Å². The molecule has 2 aliphatic rings. The smallest absolute Gasteiger partial charge is 0.317 e. The number of hydrogen-bond donors (Lipinski definition) is 1. The summed E-state index contributed by atoms with van der Waals surface area (Å²) < 4.78 is 5.52. The van der Waals surface area contributed by atoms with Gasteiger partial charge in [-0.3, -0.25) is 4.79 Å². The molecule has 0 amide bonds. The Morgan fingerprint density at radius 3 is 2.89 bits per heavy atom. The number of hydrogen-bond acceptors (Lipinski definition) is 2. The van der Waals surface area contributed by atoms with Gasteiger partial charge in [-0.1, -0.05) is 36.4 Å². The Bertz CT molecular complexity index is 622. The average Bonchev–Trinajstić information content (AvgIpc) is 2.38. The van der Waals surface area contributed by atoms with Gasteiger partial charge in [-0.2, -0.15) is 0 Å².